The predicted octanol–water partition coefficient (Wildman–Crippen LogP) is -0.891. The molecule has 0 aromatic heterocycles. The van der Waals surface area contributed by atoms with Crippen LogP contribution in [0.3, 0.4) is 0 Å². The van der Waals surface area contributed by atoms with Gasteiger partial charge < -0.3 is 10.5 Å². The number of hydrogen-bond acceptors (Lipinski definition) is 4. The Balaban J connectivity index is 2.52. The summed E-state index contributed by atoms with van der Waals surface area (Å²) in [5.74, 6) is -0.364. The molecular weight excluding hydrogens is 172 g/mol. The lowest BCUT2D eigenvalue weighted by Gasteiger charge is -2.13. The number of rotatable bonds is 3. The van der Waals surface area contributed by atoms with E-state index >= 15 is 0 Å². The Morgan fingerprint density at radius 1 is 1.77 bits per heavy atom. The second-order valence-electron chi connectivity index (χ2n) is 3.00. The number of hydrogen-bond donors (Lipinski definition) is 1. The van der Waals surface area contributed by atoms with Crippen molar-refractivity contribution in [3.05, 3.63) is 0 Å². The number of ether oxygens (including phenoxy) is 1. The van der Waals surface area contributed by atoms with Crippen LogP contribution >= 0.6 is 0 Å². The number of methoxy groups -OCH3 is 1. The van der Waals surface area contributed by atoms with Gasteiger partial charge in [-0.3, -0.25) is 14.5 Å². The van der Waals surface area contributed by atoms with E-state index in [2.05, 4.69) is 0 Å². The molecule has 0 bridgehead atoms. The van der Waals surface area contributed by atoms with E-state index in [1.165, 1.54) is 12.0 Å². The summed E-state index contributed by atoms with van der Waals surface area (Å²) in [6.07, 6.45) is 0.379. The molecule has 1 heterocycles. The molecule has 13 heavy (non-hydrogen) atoms. The molecule has 1 atom stereocenters. The Labute approximate surface area is 76.8 Å². The van der Waals surface area contributed by atoms with Crippen LogP contribution in [0.5, 0.6) is 0 Å². The van der Waals surface area contributed by atoms with Crippen LogP contribution in [0, 0.1) is 0 Å². The highest BCUT2D eigenvalue weighted by molar-refractivity contribution is 5.97. The monoisotopic (exact) mass is 186 g/mol. The minimum absolute atomic E-state index is 0.144. The van der Waals surface area contributed by atoms with Crippen LogP contribution in [-0.2, 0) is 14.3 Å². The van der Waals surface area contributed by atoms with E-state index in [1.807, 2.05) is 0 Å². The largest absolute Gasteiger partial charge is 0.379 e. The number of carbonyl (C=O) groups excluding carboxylic acids is 2. The third-order valence-corrected chi connectivity index (χ3v) is 2.08. The molecule has 1 rings (SSSR count). The number of nitrogens with zero attached hydrogens (tertiary/aromatic N) is 1. The third-order valence-electron chi connectivity index (χ3n) is 2.08. The van der Waals surface area contributed by atoms with E-state index in [0.717, 1.165) is 0 Å². The van der Waals surface area contributed by atoms with Crippen LogP contribution in [0.15, 0.2) is 0 Å². The van der Waals surface area contributed by atoms with Crippen molar-refractivity contribution in [1.29, 1.82) is 0 Å². The SMILES string of the molecule is COC1CC(=O)N(C(=O)CCN)C1. The zero-order valence-corrected chi connectivity index (χ0v) is 7.66. The van der Waals surface area contributed by atoms with Crippen molar-refractivity contribution in [3.63, 3.8) is 0 Å². The lowest BCUT2D eigenvalue weighted by atomic mass is 10.3. The van der Waals surface area contributed by atoms with Crippen molar-refractivity contribution < 1.29 is 14.3 Å². The third kappa shape index (κ3) is 2.26. The van der Waals surface area contributed by atoms with Crippen molar-refractivity contribution in [2.24, 2.45) is 5.73 Å². The number of likely N-dealkylation sites (tertiary alicyclic amines) is 1. The van der Waals surface area contributed by atoms with Gasteiger partial charge in [-0.15, -0.1) is 0 Å². The molecule has 2 N–H and O–H groups in total. The van der Waals surface area contributed by atoms with Crippen molar-refractivity contribution in [2.75, 3.05) is 20.2 Å². The van der Waals surface area contributed by atoms with Crippen LogP contribution in [0.2, 0.25) is 0 Å². The van der Waals surface area contributed by atoms with Gasteiger partial charge in [0.1, 0.15) is 0 Å². The Kier molecular flexibility index (Phi) is 3.39. The second-order valence-corrected chi connectivity index (χ2v) is 3.00. The van der Waals surface area contributed by atoms with Crippen LogP contribution in [0.4, 0.5) is 0 Å². The highest BCUT2D eigenvalue weighted by Gasteiger charge is 2.33. The van der Waals surface area contributed by atoms with Gasteiger partial charge in [0.15, 0.2) is 0 Å². The van der Waals surface area contributed by atoms with Crippen LogP contribution < -0.4 is 5.73 Å². The molecule has 2 amide bonds. The smallest absolute Gasteiger partial charge is 0.231 e. The fraction of sp³-hybridized carbons (Fsp3) is 0.750. The molecule has 1 aliphatic rings. The van der Waals surface area contributed by atoms with Gasteiger partial charge >= 0.3 is 0 Å². The molecule has 1 saturated heterocycles. The maximum absolute atomic E-state index is 11.3. The maximum Gasteiger partial charge on any atom is 0.231 e. The Morgan fingerprint density at radius 3 is 2.92 bits per heavy atom. The molecule has 0 spiro atoms. The first-order valence-corrected chi connectivity index (χ1v) is 4.25. The standard InChI is InChI=1S/C8H14N2O3/c1-13-6-4-8(12)10(5-6)7(11)2-3-9/h6H,2-5,9H2,1H3. The van der Waals surface area contributed by atoms with E-state index in [-0.39, 0.29) is 30.9 Å². The predicted molar refractivity (Wildman–Crippen MR) is 45.8 cm³/mol. The number of imide groups is 1. The average molecular weight is 186 g/mol. The lowest BCUT2D eigenvalue weighted by molar-refractivity contribution is -0.141. The van der Waals surface area contributed by atoms with Gasteiger partial charge in [0.2, 0.25) is 11.8 Å². The highest BCUT2D eigenvalue weighted by atomic mass is 16.5. The molecule has 0 aliphatic carbocycles. The van der Waals surface area contributed by atoms with Gasteiger partial charge in [0, 0.05) is 20.1 Å². The zero-order valence-electron chi connectivity index (χ0n) is 7.66. The number of nitrogens with two attached hydrogens (primary N) is 1. The first-order valence-electron chi connectivity index (χ1n) is 4.25. The van der Waals surface area contributed by atoms with Gasteiger partial charge in [-0.2, -0.15) is 0 Å². The molecule has 5 nitrogen and oxygen atoms in total. The molecule has 1 fully saturated rings. The summed E-state index contributed by atoms with van der Waals surface area (Å²) in [5, 5.41) is 0. The van der Waals surface area contributed by atoms with Gasteiger partial charge in [0.25, 0.3) is 0 Å². The first kappa shape index (κ1) is 10.1. The number of amides is 2. The minimum Gasteiger partial charge on any atom is -0.379 e. The van der Waals surface area contributed by atoms with Gasteiger partial charge in [-0.1, -0.05) is 0 Å². The second kappa shape index (κ2) is 4.34. The van der Waals surface area contributed by atoms with Crippen molar-refractivity contribution in [3.8, 4) is 0 Å². The fourth-order valence-electron chi connectivity index (χ4n) is 1.33. The van der Waals surface area contributed by atoms with E-state index in [1.54, 1.807) is 0 Å². The van der Waals surface area contributed by atoms with Gasteiger partial charge in [0.05, 0.1) is 19.1 Å². The van der Waals surface area contributed by atoms with Gasteiger partial charge in [-0.05, 0) is 0 Å². The van der Waals surface area contributed by atoms with E-state index < -0.39 is 0 Å². The van der Waals surface area contributed by atoms with Crippen molar-refractivity contribution in [1.82, 2.24) is 4.90 Å². The molecule has 0 saturated carbocycles. The van der Waals surface area contributed by atoms with Crippen molar-refractivity contribution in [2.45, 2.75) is 18.9 Å². The fourth-order valence-corrected chi connectivity index (χ4v) is 1.33. The highest BCUT2D eigenvalue weighted by Crippen LogP contribution is 2.14. The van der Waals surface area contributed by atoms with Gasteiger partial charge in [-0.25, -0.2) is 0 Å². The average Bonchev–Trinajstić information content (AvgIpc) is 2.47. The minimum atomic E-state index is -0.202. The molecule has 74 valence electrons. The van der Waals surface area contributed by atoms with Crippen molar-refractivity contribution >= 4 is 11.8 Å². The zero-order chi connectivity index (χ0) is 9.84. The van der Waals surface area contributed by atoms with E-state index in [4.69, 9.17) is 10.5 Å². The van der Waals surface area contributed by atoms with Crippen LogP contribution in [0.25, 0.3) is 0 Å². The normalized spacial score (nSPS) is 22.5. The summed E-state index contributed by atoms with van der Waals surface area (Å²) in [6, 6.07) is 0. The van der Waals surface area contributed by atoms with Crippen LogP contribution in [0.1, 0.15) is 12.8 Å². The summed E-state index contributed by atoms with van der Waals surface area (Å²) in [5.41, 5.74) is 5.22. The summed E-state index contributed by atoms with van der Waals surface area (Å²) in [7, 11) is 1.54. The van der Waals surface area contributed by atoms with E-state index in [0.29, 0.717) is 13.0 Å². The first-order chi connectivity index (χ1) is 6.19. The summed E-state index contributed by atoms with van der Waals surface area (Å²) in [4.78, 5) is 23.8. The topological polar surface area (TPSA) is 72.6 Å². The maximum atomic E-state index is 11.3. The molecule has 0 aromatic rings. The molecule has 5 heteroatoms. The van der Waals surface area contributed by atoms with E-state index in [9.17, 15) is 9.59 Å². The summed E-state index contributed by atoms with van der Waals surface area (Å²) in [6.45, 7) is 0.647. The number of carbonyl (C=O) groups is 2. The molecule has 0 radical (unpaired) electrons. The Bertz CT molecular complexity index is 217. The lowest BCUT2D eigenvalue weighted by Crippen LogP contribution is -2.34. The molecule has 1 aliphatic heterocycles. The summed E-state index contributed by atoms with van der Waals surface area (Å²) < 4.78 is 4.99. The molecule has 0 aromatic carbocycles. The molecule has 1 unspecified atom stereocenters. The Morgan fingerprint density at radius 2 is 2.46 bits per heavy atom. The quantitative estimate of drug-likeness (QED) is 0.620. The summed E-state index contributed by atoms with van der Waals surface area (Å²) >= 11 is 0. The Hall–Kier alpha value is -0.940. The van der Waals surface area contributed by atoms with Crippen LogP contribution in [-0.4, -0.2) is 43.0 Å². The molecular formula is C8H14N2O3.